The van der Waals surface area contributed by atoms with Gasteiger partial charge in [-0.15, -0.1) is 5.10 Å². The number of nitrogens with zero attached hydrogens (tertiary/aromatic N) is 4. The molecule has 16 heavy (non-hydrogen) atoms. The molecule has 0 fully saturated rings. The number of carboxylic acids is 1. The lowest BCUT2D eigenvalue weighted by atomic mass is 10.4. The molecule has 2 N–H and O–H groups in total. The minimum Gasteiger partial charge on any atom is -0.476 e. The van der Waals surface area contributed by atoms with Crippen LogP contribution in [0.25, 0.3) is 0 Å². The number of aliphatic hydroxyl groups is 1. The molecule has 0 spiro atoms. The Hall–Kier alpha value is -1.47. The molecule has 7 nitrogen and oxygen atoms in total. The van der Waals surface area contributed by atoms with Crippen LogP contribution in [0.1, 0.15) is 17.4 Å². The zero-order valence-electron chi connectivity index (χ0n) is 9.20. The van der Waals surface area contributed by atoms with Crippen LogP contribution in [0.5, 0.6) is 0 Å². The Morgan fingerprint density at radius 3 is 2.81 bits per heavy atom. The average Bonchev–Trinajstić information content (AvgIpc) is 2.73. The molecule has 0 bridgehead atoms. The highest BCUT2D eigenvalue weighted by atomic mass is 16.4. The lowest BCUT2D eigenvalue weighted by Gasteiger charge is -2.18. The van der Waals surface area contributed by atoms with E-state index in [1.807, 2.05) is 11.8 Å². The molecule has 0 unspecified atom stereocenters. The quantitative estimate of drug-likeness (QED) is 0.640. The SMILES string of the molecule is CCN(CCO)CCn1cc(C(=O)O)nn1. The van der Waals surface area contributed by atoms with Crippen LogP contribution < -0.4 is 0 Å². The fourth-order valence-corrected chi connectivity index (χ4v) is 1.32. The van der Waals surface area contributed by atoms with Crippen molar-refractivity contribution in [3.63, 3.8) is 0 Å². The molecular formula is C9H16N4O3. The summed E-state index contributed by atoms with van der Waals surface area (Å²) in [5, 5.41) is 24.6. The van der Waals surface area contributed by atoms with E-state index in [9.17, 15) is 4.79 Å². The minimum absolute atomic E-state index is 0.0507. The van der Waals surface area contributed by atoms with Gasteiger partial charge in [0, 0.05) is 13.1 Å². The van der Waals surface area contributed by atoms with Crippen LogP contribution in [0, 0.1) is 0 Å². The van der Waals surface area contributed by atoms with Crippen molar-refractivity contribution in [2.45, 2.75) is 13.5 Å². The first-order valence-corrected chi connectivity index (χ1v) is 5.14. The van der Waals surface area contributed by atoms with Gasteiger partial charge in [0.15, 0.2) is 5.69 Å². The first kappa shape index (κ1) is 12.6. The lowest BCUT2D eigenvalue weighted by Crippen LogP contribution is -2.30. The van der Waals surface area contributed by atoms with Crippen molar-refractivity contribution in [3.05, 3.63) is 11.9 Å². The van der Waals surface area contributed by atoms with Gasteiger partial charge in [0.2, 0.25) is 0 Å². The van der Waals surface area contributed by atoms with E-state index in [1.165, 1.54) is 10.9 Å². The molecule has 1 aromatic heterocycles. The highest BCUT2D eigenvalue weighted by Crippen LogP contribution is 1.94. The third kappa shape index (κ3) is 3.59. The first-order chi connectivity index (χ1) is 7.67. The summed E-state index contributed by atoms with van der Waals surface area (Å²) in [5.41, 5.74) is -0.0507. The highest BCUT2D eigenvalue weighted by molar-refractivity contribution is 5.84. The first-order valence-electron chi connectivity index (χ1n) is 5.14. The molecule has 0 aliphatic heterocycles. The Morgan fingerprint density at radius 2 is 2.31 bits per heavy atom. The summed E-state index contributed by atoms with van der Waals surface area (Å²) in [5.74, 6) is -1.08. The van der Waals surface area contributed by atoms with E-state index >= 15 is 0 Å². The summed E-state index contributed by atoms with van der Waals surface area (Å²) < 4.78 is 1.49. The van der Waals surface area contributed by atoms with Crippen molar-refractivity contribution in [2.24, 2.45) is 0 Å². The number of hydrogen-bond donors (Lipinski definition) is 2. The van der Waals surface area contributed by atoms with E-state index in [0.717, 1.165) is 6.54 Å². The molecule has 0 amide bonds. The molecule has 0 atom stereocenters. The van der Waals surface area contributed by atoms with Gasteiger partial charge in [0.05, 0.1) is 19.3 Å². The van der Waals surface area contributed by atoms with Crippen molar-refractivity contribution in [1.29, 1.82) is 0 Å². The van der Waals surface area contributed by atoms with E-state index in [4.69, 9.17) is 10.2 Å². The number of aromatic carboxylic acids is 1. The monoisotopic (exact) mass is 228 g/mol. The fraction of sp³-hybridized carbons (Fsp3) is 0.667. The predicted molar refractivity (Wildman–Crippen MR) is 56.2 cm³/mol. The van der Waals surface area contributed by atoms with Gasteiger partial charge in [0.1, 0.15) is 0 Å². The molecule has 0 saturated carbocycles. The zero-order chi connectivity index (χ0) is 12.0. The molecule has 1 aromatic rings. The average molecular weight is 228 g/mol. The van der Waals surface area contributed by atoms with Gasteiger partial charge in [-0.1, -0.05) is 12.1 Å². The van der Waals surface area contributed by atoms with Gasteiger partial charge in [-0.05, 0) is 6.54 Å². The summed E-state index contributed by atoms with van der Waals surface area (Å²) in [6.45, 7) is 4.83. The van der Waals surface area contributed by atoms with Crippen LogP contribution in [0.15, 0.2) is 6.20 Å². The Bertz CT molecular complexity index is 339. The number of likely N-dealkylation sites (N-methyl/N-ethyl adjacent to an activating group) is 1. The molecule has 7 heteroatoms. The van der Waals surface area contributed by atoms with Gasteiger partial charge >= 0.3 is 5.97 Å². The third-order valence-corrected chi connectivity index (χ3v) is 2.27. The summed E-state index contributed by atoms with van der Waals surface area (Å²) in [6, 6.07) is 0. The summed E-state index contributed by atoms with van der Waals surface area (Å²) >= 11 is 0. The van der Waals surface area contributed by atoms with Crippen LogP contribution in [0.2, 0.25) is 0 Å². The van der Waals surface area contributed by atoms with Crippen molar-refractivity contribution in [1.82, 2.24) is 19.9 Å². The second kappa shape index (κ2) is 6.19. The normalized spacial score (nSPS) is 10.9. The van der Waals surface area contributed by atoms with Crippen molar-refractivity contribution in [3.8, 4) is 0 Å². The number of aliphatic hydroxyl groups excluding tert-OH is 1. The lowest BCUT2D eigenvalue weighted by molar-refractivity contribution is 0.0690. The summed E-state index contributed by atoms with van der Waals surface area (Å²) in [6.07, 6.45) is 1.40. The van der Waals surface area contributed by atoms with Crippen molar-refractivity contribution >= 4 is 5.97 Å². The number of rotatable bonds is 7. The number of aromatic nitrogens is 3. The highest BCUT2D eigenvalue weighted by Gasteiger charge is 2.08. The third-order valence-electron chi connectivity index (χ3n) is 2.27. The van der Waals surface area contributed by atoms with E-state index in [2.05, 4.69) is 10.3 Å². The van der Waals surface area contributed by atoms with Crippen molar-refractivity contribution < 1.29 is 15.0 Å². The standard InChI is InChI=1S/C9H16N4O3/c1-2-12(5-6-14)3-4-13-7-8(9(15)16)10-11-13/h7,14H,2-6H2,1H3,(H,15,16). The molecule has 1 rings (SSSR count). The van der Waals surface area contributed by atoms with Crippen molar-refractivity contribution in [2.75, 3.05) is 26.2 Å². The van der Waals surface area contributed by atoms with Gasteiger partial charge in [0.25, 0.3) is 0 Å². The molecule has 1 heterocycles. The molecular weight excluding hydrogens is 212 g/mol. The fourth-order valence-electron chi connectivity index (χ4n) is 1.32. The second-order valence-corrected chi connectivity index (χ2v) is 3.33. The Kier molecular flexibility index (Phi) is 4.87. The molecule has 0 aromatic carbocycles. The Balaban J connectivity index is 2.44. The summed E-state index contributed by atoms with van der Waals surface area (Å²) in [7, 11) is 0. The molecule has 90 valence electrons. The minimum atomic E-state index is -1.08. The van der Waals surface area contributed by atoms with Gasteiger partial charge in [-0.25, -0.2) is 4.79 Å². The van der Waals surface area contributed by atoms with E-state index < -0.39 is 5.97 Å². The van der Waals surface area contributed by atoms with Crippen LogP contribution in [0.3, 0.4) is 0 Å². The molecule has 0 aliphatic carbocycles. The topological polar surface area (TPSA) is 91.5 Å². The van der Waals surface area contributed by atoms with E-state index in [1.54, 1.807) is 0 Å². The van der Waals surface area contributed by atoms with Crippen LogP contribution in [-0.2, 0) is 6.54 Å². The van der Waals surface area contributed by atoms with Crippen LogP contribution >= 0.6 is 0 Å². The van der Waals surface area contributed by atoms with E-state index in [0.29, 0.717) is 19.6 Å². The Morgan fingerprint density at radius 1 is 1.56 bits per heavy atom. The Labute approximate surface area is 93.3 Å². The molecule has 0 saturated heterocycles. The van der Waals surface area contributed by atoms with Crippen LogP contribution in [0.4, 0.5) is 0 Å². The summed E-state index contributed by atoms with van der Waals surface area (Å²) in [4.78, 5) is 12.6. The van der Waals surface area contributed by atoms with Gasteiger partial charge < -0.3 is 10.2 Å². The zero-order valence-corrected chi connectivity index (χ0v) is 9.20. The number of hydrogen-bond acceptors (Lipinski definition) is 5. The predicted octanol–water partition coefficient (Wildman–Crippen LogP) is -0.709. The smallest absolute Gasteiger partial charge is 0.358 e. The second-order valence-electron chi connectivity index (χ2n) is 3.33. The van der Waals surface area contributed by atoms with Gasteiger partial charge in [-0.3, -0.25) is 9.58 Å². The maximum absolute atomic E-state index is 10.6. The maximum atomic E-state index is 10.6. The molecule has 0 radical (unpaired) electrons. The number of carbonyl (C=O) groups is 1. The largest absolute Gasteiger partial charge is 0.476 e. The molecule has 0 aliphatic rings. The van der Waals surface area contributed by atoms with E-state index in [-0.39, 0.29) is 12.3 Å². The number of carboxylic acid groups (broad SMARTS) is 1. The van der Waals surface area contributed by atoms with Crippen LogP contribution in [-0.4, -0.2) is 62.3 Å². The van der Waals surface area contributed by atoms with Gasteiger partial charge in [-0.2, -0.15) is 0 Å². The maximum Gasteiger partial charge on any atom is 0.358 e.